The number of para-hydroxylation sites is 3. The summed E-state index contributed by atoms with van der Waals surface area (Å²) in [6.07, 6.45) is -0.526. The van der Waals surface area contributed by atoms with Gasteiger partial charge in [-0.25, -0.2) is 0 Å². The molecule has 1 heterocycles. The summed E-state index contributed by atoms with van der Waals surface area (Å²) in [5, 5.41) is 3.11. The number of nitrogens with zero attached hydrogens (tertiary/aromatic N) is 2. The fraction of sp³-hybridized carbons (Fsp3) is 0.286. The van der Waals surface area contributed by atoms with Gasteiger partial charge in [0, 0.05) is 20.0 Å². The van der Waals surface area contributed by atoms with Gasteiger partial charge in [0.25, 0.3) is 5.91 Å². The Morgan fingerprint density at radius 1 is 1.17 bits per heavy atom. The lowest BCUT2D eigenvalue weighted by molar-refractivity contribution is -0.133. The van der Waals surface area contributed by atoms with E-state index in [0.717, 1.165) is 0 Å². The van der Waals surface area contributed by atoms with Crippen LogP contribution in [0.4, 0.5) is 11.4 Å². The van der Waals surface area contributed by atoms with E-state index in [9.17, 15) is 14.4 Å². The lowest BCUT2D eigenvalue weighted by atomic mass is 10.1. The minimum atomic E-state index is -0.612. The van der Waals surface area contributed by atoms with Crippen LogP contribution in [0.15, 0.2) is 48.5 Å². The molecule has 1 aliphatic rings. The second-order valence-corrected chi connectivity index (χ2v) is 7.15. The monoisotopic (exact) mass is 415 g/mol. The van der Waals surface area contributed by atoms with Crippen molar-refractivity contribution in [2.75, 3.05) is 30.4 Å². The van der Waals surface area contributed by atoms with E-state index in [0.29, 0.717) is 22.1 Å². The predicted molar refractivity (Wildman–Crippen MR) is 111 cm³/mol. The Hall–Kier alpha value is -3.06. The van der Waals surface area contributed by atoms with Crippen LogP contribution in [-0.2, 0) is 14.4 Å². The van der Waals surface area contributed by atoms with Crippen molar-refractivity contribution in [3.05, 3.63) is 53.6 Å². The molecule has 2 aromatic rings. The number of likely N-dealkylation sites (N-methyl/N-ethyl adjacent to an activating group) is 1. The molecule has 0 radical (unpaired) electrons. The Labute approximate surface area is 174 Å². The first-order chi connectivity index (χ1) is 13.9. The molecule has 0 saturated carbocycles. The lowest BCUT2D eigenvalue weighted by Gasteiger charge is -2.33. The second-order valence-electron chi connectivity index (χ2n) is 6.75. The zero-order chi connectivity index (χ0) is 21.0. The average Bonchev–Trinajstić information content (AvgIpc) is 2.69. The molecule has 29 heavy (non-hydrogen) atoms. The Bertz CT molecular complexity index is 934. The summed E-state index contributed by atoms with van der Waals surface area (Å²) < 4.78 is 5.60. The maximum Gasteiger partial charge on any atom is 0.267 e. The zero-order valence-corrected chi connectivity index (χ0v) is 17.0. The van der Waals surface area contributed by atoms with E-state index >= 15 is 0 Å². The second kappa shape index (κ2) is 8.96. The maximum absolute atomic E-state index is 12.5. The van der Waals surface area contributed by atoms with Gasteiger partial charge in [0.2, 0.25) is 11.8 Å². The molecule has 0 bridgehead atoms. The Balaban J connectivity index is 1.57. The number of hydrogen-bond donors (Lipinski definition) is 1. The van der Waals surface area contributed by atoms with Crippen LogP contribution >= 0.6 is 11.6 Å². The molecule has 0 aromatic heterocycles. The average molecular weight is 416 g/mol. The molecule has 152 valence electrons. The van der Waals surface area contributed by atoms with E-state index in [1.807, 2.05) is 12.1 Å². The van der Waals surface area contributed by atoms with Gasteiger partial charge in [-0.15, -0.1) is 0 Å². The first kappa shape index (κ1) is 20.7. The van der Waals surface area contributed by atoms with Crippen molar-refractivity contribution < 1.29 is 19.1 Å². The number of ether oxygens (including phenoxy) is 1. The number of halogens is 1. The van der Waals surface area contributed by atoms with Crippen molar-refractivity contribution in [1.82, 2.24) is 4.90 Å². The van der Waals surface area contributed by atoms with Gasteiger partial charge in [-0.2, -0.15) is 0 Å². The molecule has 2 aromatic carbocycles. The van der Waals surface area contributed by atoms with Crippen LogP contribution in [0.3, 0.4) is 0 Å². The van der Waals surface area contributed by atoms with Crippen LogP contribution in [-0.4, -0.2) is 48.9 Å². The van der Waals surface area contributed by atoms with E-state index in [2.05, 4.69) is 5.32 Å². The van der Waals surface area contributed by atoms with Gasteiger partial charge in [0.15, 0.2) is 6.10 Å². The molecule has 1 aliphatic heterocycles. The first-order valence-electron chi connectivity index (χ1n) is 9.22. The van der Waals surface area contributed by atoms with Crippen LogP contribution in [0, 0.1) is 0 Å². The quantitative estimate of drug-likeness (QED) is 0.786. The third-order valence-corrected chi connectivity index (χ3v) is 4.91. The smallest absolute Gasteiger partial charge is 0.267 e. The SMILES string of the molecule is C[C@H]1Oc2ccccc2N(CCC(=O)N(C)CC(=O)Nc2ccccc2Cl)C1=O. The molecule has 0 spiro atoms. The molecule has 0 saturated heterocycles. The van der Waals surface area contributed by atoms with Crippen molar-refractivity contribution in [2.45, 2.75) is 19.4 Å². The summed E-state index contributed by atoms with van der Waals surface area (Å²) in [7, 11) is 1.55. The van der Waals surface area contributed by atoms with Gasteiger partial charge in [-0.3, -0.25) is 14.4 Å². The van der Waals surface area contributed by atoms with Gasteiger partial charge >= 0.3 is 0 Å². The highest BCUT2D eigenvalue weighted by Crippen LogP contribution is 2.33. The fourth-order valence-electron chi connectivity index (χ4n) is 3.04. The number of anilines is 2. The van der Waals surface area contributed by atoms with E-state index in [1.54, 1.807) is 55.3 Å². The minimum absolute atomic E-state index is 0.0860. The highest BCUT2D eigenvalue weighted by molar-refractivity contribution is 6.33. The van der Waals surface area contributed by atoms with Crippen molar-refractivity contribution >= 4 is 40.7 Å². The molecular formula is C21H22ClN3O4. The predicted octanol–water partition coefficient (Wildman–Crippen LogP) is 2.94. The molecule has 7 nitrogen and oxygen atoms in total. The molecule has 3 rings (SSSR count). The number of rotatable bonds is 6. The number of nitrogens with one attached hydrogen (secondary N) is 1. The van der Waals surface area contributed by atoms with Gasteiger partial charge in [0.05, 0.1) is 22.9 Å². The molecule has 0 fully saturated rings. The Morgan fingerprint density at radius 2 is 1.86 bits per heavy atom. The summed E-state index contributed by atoms with van der Waals surface area (Å²) in [6, 6.07) is 14.1. The number of fused-ring (bicyclic) bond motifs is 1. The third kappa shape index (κ3) is 4.86. The molecule has 0 unspecified atom stereocenters. The molecule has 3 amide bonds. The van der Waals surface area contributed by atoms with Crippen LogP contribution in [0.1, 0.15) is 13.3 Å². The van der Waals surface area contributed by atoms with Crippen LogP contribution in [0.5, 0.6) is 5.75 Å². The van der Waals surface area contributed by atoms with Crippen molar-refractivity contribution in [1.29, 1.82) is 0 Å². The Kier molecular flexibility index (Phi) is 6.39. The normalized spacial score (nSPS) is 15.3. The van der Waals surface area contributed by atoms with Gasteiger partial charge in [-0.05, 0) is 31.2 Å². The van der Waals surface area contributed by atoms with Gasteiger partial charge in [0.1, 0.15) is 5.75 Å². The molecule has 0 aliphatic carbocycles. The highest BCUT2D eigenvalue weighted by atomic mass is 35.5. The van der Waals surface area contributed by atoms with E-state index in [1.165, 1.54) is 4.90 Å². The number of amides is 3. The van der Waals surface area contributed by atoms with Gasteiger partial charge < -0.3 is 19.9 Å². The summed E-state index contributed by atoms with van der Waals surface area (Å²) in [5.74, 6) is -0.186. The highest BCUT2D eigenvalue weighted by Gasteiger charge is 2.31. The third-order valence-electron chi connectivity index (χ3n) is 4.58. The van der Waals surface area contributed by atoms with Gasteiger partial charge in [-0.1, -0.05) is 35.9 Å². The van der Waals surface area contributed by atoms with Crippen molar-refractivity contribution in [3.8, 4) is 5.75 Å². The van der Waals surface area contributed by atoms with Crippen LogP contribution in [0.25, 0.3) is 0 Å². The van der Waals surface area contributed by atoms with Crippen molar-refractivity contribution in [3.63, 3.8) is 0 Å². The van der Waals surface area contributed by atoms with E-state index < -0.39 is 6.10 Å². The summed E-state index contributed by atoms with van der Waals surface area (Å²) >= 11 is 6.03. The molecule has 8 heteroatoms. The molecule has 1 atom stereocenters. The van der Waals surface area contributed by atoms with Crippen molar-refractivity contribution in [2.24, 2.45) is 0 Å². The number of carbonyl (C=O) groups is 3. The summed E-state index contributed by atoms with van der Waals surface area (Å²) in [6.45, 7) is 1.77. The standard InChI is InChI=1S/C21H22ClN3O4/c1-14-21(28)25(17-9-5-6-10-18(17)29-14)12-11-20(27)24(2)13-19(26)23-16-8-4-3-7-15(16)22/h3-10,14H,11-13H2,1-2H3,(H,23,26)/t14-/m1/s1. The maximum atomic E-state index is 12.5. The first-order valence-corrected chi connectivity index (χ1v) is 9.60. The zero-order valence-electron chi connectivity index (χ0n) is 16.2. The topological polar surface area (TPSA) is 79.0 Å². The lowest BCUT2D eigenvalue weighted by Crippen LogP contribution is -2.46. The molecular weight excluding hydrogens is 394 g/mol. The Morgan fingerprint density at radius 3 is 2.62 bits per heavy atom. The number of carbonyl (C=O) groups excluding carboxylic acids is 3. The molecule has 1 N–H and O–H groups in total. The summed E-state index contributed by atoms with van der Waals surface area (Å²) in [5.41, 5.74) is 1.13. The number of hydrogen-bond acceptors (Lipinski definition) is 4. The van der Waals surface area contributed by atoms with E-state index in [4.69, 9.17) is 16.3 Å². The summed E-state index contributed by atoms with van der Waals surface area (Å²) in [4.78, 5) is 40.1. The minimum Gasteiger partial charge on any atom is -0.479 e. The van der Waals surface area contributed by atoms with Crippen LogP contribution in [0.2, 0.25) is 5.02 Å². The largest absolute Gasteiger partial charge is 0.479 e. The number of benzene rings is 2. The van der Waals surface area contributed by atoms with E-state index in [-0.39, 0.29) is 37.2 Å². The fourth-order valence-corrected chi connectivity index (χ4v) is 3.23. The van der Waals surface area contributed by atoms with Crippen LogP contribution < -0.4 is 15.0 Å².